The molecule has 0 aliphatic carbocycles. The van der Waals surface area contributed by atoms with Crippen molar-refractivity contribution in [2.24, 2.45) is 0 Å². The van der Waals surface area contributed by atoms with Crippen molar-refractivity contribution in [3.8, 4) is 0 Å². The highest BCUT2D eigenvalue weighted by molar-refractivity contribution is 6.07. The number of rotatable bonds is 3. The minimum absolute atomic E-state index is 0.0144. The predicted octanol–water partition coefficient (Wildman–Crippen LogP) is 4.49. The Bertz CT molecular complexity index is 528. The van der Waals surface area contributed by atoms with Crippen molar-refractivity contribution >= 4 is 11.5 Å². The number of carbonyl (C=O) groups excluding carboxylic acids is 1. The van der Waals surface area contributed by atoms with Crippen molar-refractivity contribution in [2.75, 3.05) is 0 Å². The second-order valence-corrected chi connectivity index (χ2v) is 3.63. The van der Waals surface area contributed by atoms with Crippen LogP contribution >= 0.6 is 0 Å². The van der Waals surface area contributed by atoms with Crippen molar-refractivity contribution < 1.29 is 9.90 Å². The zero-order valence-electron chi connectivity index (χ0n) is 11.2. The summed E-state index contributed by atoms with van der Waals surface area (Å²) in [6, 6.07) is 17.9. The molecule has 2 nitrogen and oxygen atoms in total. The zero-order chi connectivity index (χ0) is 14.1. The molecule has 0 fully saturated rings. The minimum atomic E-state index is -0.202. The molecule has 0 radical (unpaired) electrons. The molecule has 1 N–H and O–H groups in total. The van der Waals surface area contributed by atoms with E-state index in [2.05, 4.69) is 0 Å². The molecule has 0 saturated carbocycles. The lowest BCUT2D eigenvalue weighted by molar-refractivity contribution is 0.104. The van der Waals surface area contributed by atoms with E-state index in [1.54, 1.807) is 36.4 Å². The topological polar surface area (TPSA) is 37.3 Å². The van der Waals surface area contributed by atoms with E-state index in [0.717, 1.165) is 0 Å². The Morgan fingerprint density at radius 2 is 1.26 bits per heavy atom. The van der Waals surface area contributed by atoms with Crippen LogP contribution in [-0.2, 0) is 0 Å². The fourth-order valence-electron chi connectivity index (χ4n) is 1.50. The number of carbonyl (C=O) groups is 1. The van der Waals surface area contributed by atoms with Gasteiger partial charge in [0, 0.05) is 17.2 Å². The summed E-state index contributed by atoms with van der Waals surface area (Å²) in [5.74, 6) is -0.216. The molecule has 2 aromatic rings. The van der Waals surface area contributed by atoms with E-state index in [4.69, 9.17) is 0 Å². The maximum absolute atomic E-state index is 11.8. The van der Waals surface area contributed by atoms with Crippen LogP contribution in [0.25, 0.3) is 5.76 Å². The van der Waals surface area contributed by atoms with Gasteiger partial charge >= 0.3 is 0 Å². The zero-order valence-corrected chi connectivity index (χ0v) is 11.2. The standard InChI is InChI=1S/C15H12O2.C2H6/c16-14(12-7-3-1-4-8-12)11-15(17)13-9-5-2-6-10-13;1-2/h1-11,16H;1-2H3/b14-11-;. The third-order valence-corrected chi connectivity index (χ3v) is 2.40. The lowest BCUT2D eigenvalue weighted by Crippen LogP contribution is -1.95. The lowest BCUT2D eigenvalue weighted by Gasteiger charge is -1.99. The molecule has 2 rings (SSSR count). The number of ketones is 1. The average molecular weight is 254 g/mol. The summed E-state index contributed by atoms with van der Waals surface area (Å²) >= 11 is 0. The van der Waals surface area contributed by atoms with Crippen LogP contribution in [0.3, 0.4) is 0 Å². The fraction of sp³-hybridized carbons (Fsp3) is 0.118. The van der Waals surface area contributed by atoms with Crippen LogP contribution in [0.2, 0.25) is 0 Å². The molecule has 0 aliphatic rings. The molecule has 98 valence electrons. The first-order valence-electron chi connectivity index (χ1n) is 6.33. The number of aliphatic hydroxyl groups is 1. The quantitative estimate of drug-likeness (QED) is 0.497. The number of hydrogen-bond acceptors (Lipinski definition) is 2. The predicted molar refractivity (Wildman–Crippen MR) is 79.2 cm³/mol. The van der Waals surface area contributed by atoms with Gasteiger partial charge in [-0.25, -0.2) is 0 Å². The summed E-state index contributed by atoms with van der Waals surface area (Å²) in [5, 5.41) is 9.79. The van der Waals surface area contributed by atoms with Crippen LogP contribution in [0.15, 0.2) is 66.7 Å². The number of benzene rings is 2. The van der Waals surface area contributed by atoms with Gasteiger partial charge in [-0.1, -0.05) is 74.5 Å². The van der Waals surface area contributed by atoms with Crippen LogP contribution in [0.5, 0.6) is 0 Å². The van der Waals surface area contributed by atoms with Crippen LogP contribution < -0.4 is 0 Å². The van der Waals surface area contributed by atoms with Crippen molar-refractivity contribution in [1.82, 2.24) is 0 Å². The molecule has 0 spiro atoms. The van der Waals surface area contributed by atoms with Crippen molar-refractivity contribution in [3.05, 3.63) is 77.9 Å². The van der Waals surface area contributed by atoms with Gasteiger partial charge in [0.05, 0.1) is 0 Å². The summed E-state index contributed by atoms with van der Waals surface area (Å²) in [6.07, 6.45) is 1.24. The molecule has 0 aliphatic heterocycles. The van der Waals surface area contributed by atoms with E-state index in [1.807, 2.05) is 38.1 Å². The normalized spacial score (nSPS) is 10.3. The summed E-state index contributed by atoms with van der Waals surface area (Å²) in [6.45, 7) is 4.00. The van der Waals surface area contributed by atoms with E-state index in [1.165, 1.54) is 6.08 Å². The SMILES string of the molecule is CC.O=C(/C=C(\O)c1ccccc1)c1ccccc1. The second-order valence-electron chi connectivity index (χ2n) is 3.63. The van der Waals surface area contributed by atoms with Gasteiger partial charge in [0.1, 0.15) is 5.76 Å². The van der Waals surface area contributed by atoms with Gasteiger partial charge in [-0.3, -0.25) is 4.79 Å². The maximum Gasteiger partial charge on any atom is 0.189 e. The molecular weight excluding hydrogens is 236 g/mol. The van der Waals surface area contributed by atoms with Crippen LogP contribution in [0.1, 0.15) is 29.8 Å². The third-order valence-electron chi connectivity index (χ3n) is 2.40. The Morgan fingerprint density at radius 3 is 1.74 bits per heavy atom. The van der Waals surface area contributed by atoms with E-state index in [-0.39, 0.29) is 11.5 Å². The highest BCUT2D eigenvalue weighted by Crippen LogP contribution is 2.12. The molecule has 0 aromatic heterocycles. The summed E-state index contributed by atoms with van der Waals surface area (Å²) in [7, 11) is 0. The van der Waals surface area contributed by atoms with E-state index in [9.17, 15) is 9.90 Å². The molecule has 2 heteroatoms. The van der Waals surface area contributed by atoms with Gasteiger partial charge in [0.25, 0.3) is 0 Å². The van der Waals surface area contributed by atoms with E-state index in [0.29, 0.717) is 11.1 Å². The second kappa shape index (κ2) is 7.88. The first kappa shape index (κ1) is 14.7. The molecule has 0 saturated heterocycles. The molecule has 0 amide bonds. The number of allylic oxidation sites excluding steroid dienone is 1. The average Bonchev–Trinajstić information content (AvgIpc) is 2.51. The molecular formula is C17H18O2. The van der Waals surface area contributed by atoms with Crippen LogP contribution in [0.4, 0.5) is 0 Å². The van der Waals surface area contributed by atoms with Gasteiger partial charge < -0.3 is 5.11 Å². The minimum Gasteiger partial charge on any atom is -0.507 e. The molecule has 0 unspecified atom stereocenters. The Kier molecular flexibility index (Phi) is 6.10. The largest absolute Gasteiger partial charge is 0.507 e. The molecule has 0 heterocycles. The van der Waals surface area contributed by atoms with Gasteiger partial charge in [0.15, 0.2) is 5.78 Å². The maximum atomic E-state index is 11.8. The van der Waals surface area contributed by atoms with Crippen LogP contribution in [-0.4, -0.2) is 10.9 Å². The van der Waals surface area contributed by atoms with Crippen molar-refractivity contribution in [2.45, 2.75) is 13.8 Å². The van der Waals surface area contributed by atoms with Crippen molar-refractivity contribution in [1.29, 1.82) is 0 Å². The molecule has 19 heavy (non-hydrogen) atoms. The molecule has 0 bridgehead atoms. The summed E-state index contributed by atoms with van der Waals surface area (Å²) in [4.78, 5) is 11.8. The first-order chi connectivity index (χ1) is 9.27. The third kappa shape index (κ3) is 4.43. The lowest BCUT2D eigenvalue weighted by atomic mass is 10.1. The number of aliphatic hydroxyl groups excluding tert-OH is 1. The van der Waals surface area contributed by atoms with Gasteiger partial charge in [-0.05, 0) is 0 Å². The van der Waals surface area contributed by atoms with E-state index >= 15 is 0 Å². The monoisotopic (exact) mass is 254 g/mol. The highest BCUT2D eigenvalue weighted by Gasteiger charge is 2.04. The summed E-state index contributed by atoms with van der Waals surface area (Å²) in [5.41, 5.74) is 1.20. The fourth-order valence-corrected chi connectivity index (χ4v) is 1.50. The Morgan fingerprint density at radius 1 is 0.842 bits per heavy atom. The highest BCUT2D eigenvalue weighted by atomic mass is 16.3. The number of hydrogen-bond donors (Lipinski definition) is 1. The summed E-state index contributed by atoms with van der Waals surface area (Å²) < 4.78 is 0. The van der Waals surface area contributed by atoms with Crippen molar-refractivity contribution in [3.63, 3.8) is 0 Å². The smallest absolute Gasteiger partial charge is 0.189 e. The molecule has 2 aromatic carbocycles. The molecule has 0 atom stereocenters. The van der Waals surface area contributed by atoms with Gasteiger partial charge in [0.2, 0.25) is 0 Å². The Balaban J connectivity index is 0.000000861. The Labute approximate surface area is 114 Å². The van der Waals surface area contributed by atoms with Gasteiger partial charge in [-0.2, -0.15) is 0 Å². The van der Waals surface area contributed by atoms with Gasteiger partial charge in [-0.15, -0.1) is 0 Å². The Hall–Kier alpha value is -2.35. The first-order valence-corrected chi connectivity index (χ1v) is 6.33. The van der Waals surface area contributed by atoms with Crippen LogP contribution in [0, 0.1) is 0 Å². The van der Waals surface area contributed by atoms with E-state index < -0.39 is 0 Å².